The van der Waals surface area contributed by atoms with Gasteiger partial charge >= 0.3 is 5.69 Å². The van der Waals surface area contributed by atoms with Gasteiger partial charge in [0.1, 0.15) is 28.5 Å². The number of thiophene rings is 1. The summed E-state index contributed by atoms with van der Waals surface area (Å²) in [6.45, 7) is 9.79. The van der Waals surface area contributed by atoms with Gasteiger partial charge in [-0.25, -0.2) is 14.3 Å². The first-order valence-electron chi connectivity index (χ1n) is 14.0. The minimum atomic E-state index is -1.60. The van der Waals surface area contributed by atoms with Crippen LogP contribution in [0.1, 0.15) is 57.8 Å². The zero-order valence-corrected chi connectivity index (χ0v) is 25.2. The highest BCUT2D eigenvalue weighted by Gasteiger charge is 2.35. The number of primary amides is 1. The summed E-state index contributed by atoms with van der Waals surface area (Å²) < 4.78 is 26.4. The molecule has 0 aliphatic carbocycles. The topological polar surface area (TPSA) is 141 Å². The van der Waals surface area contributed by atoms with E-state index in [0.29, 0.717) is 58.4 Å². The Balaban J connectivity index is 1.75. The molecule has 1 saturated heterocycles. The maximum absolute atomic E-state index is 14.3. The van der Waals surface area contributed by atoms with Gasteiger partial charge in [0.15, 0.2) is 0 Å². The molecule has 1 aromatic carbocycles. The van der Waals surface area contributed by atoms with Crippen molar-refractivity contribution in [3.05, 3.63) is 68.7 Å². The van der Waals surface area contributed by atoms with Crippen LogP contribution in [-0.2, 0) is 26.4 Å². The highest BCUT2D eigenvalue weighted by atomic mass is 32.1. The van der Waals surface area contributed by atoms with Crippen molar-refractivity contribution < 1.29 is 23.4 Å². The molecule has 1 amide bonds. The van der Waals surface area contributed by atoms with Gasteiger partial charge in [-0.15, -0.1) is 11.3 Å². The van der Waals surface area contributed by atoms with Gasteiger partial charge in [-0.2, -0.15) is 0 Å². The average molecular weight is 597 g/mol. The summed E-state index contributed by atoms with van der Waals surface area (Å²) in [6.07, 6.45) is 3.55. The first-order chi connectivity index (χ1) is 20.0. The van der Waals surface area contributed by atoms with E-state index in [1.165, 1.54) is 42.2 Å². The van der Waals surface area contributed by atoms with Crippen molar-refractivity contribution in [1.82, 2.24) is 14.1 Å². The highest BCUT2D eigenvalue weighted by molar-refractivity contribution is 7.22. The fraction of sp³-hybridized carbons (Fsp3) is 0.467. The Morgan fingerprint density at radius 2 is 1.93 bits per heavy atom. The van der Waals surface area contributed by atoms with Crippen LogP contribution >= 0.6 is 11.3 Å². The third-order valence-corrected chi connectivity index (χ3v) is 8.81. The van der Waals surface area contributed by atoms with E-state index >= 15 is 0 Å². The van der Waals surface area contributed by atoms with Crippen molar-refractivity contribution in [2.75, 3.05) is 13.2 Å². The summed E-state index contributed by atoms with van der Waals surface area (Å²) >= 11 is 1.23. The van der Waals surface area contributed by atoms with Crippen molar-refractivity contribution in [2.45, 2.75) is 77.9 Å². The van der Waals surface area contributed by atoms with E-state index in [1.54, 1.807) is 6.92 Å². The van der Waals surface area contributed by atoms with Gasteiger partial charge in [0, 0.05) is 18.8 Å². The average Bonchev–Trinajstić information content (AvgIpc) is 3.59. The van der Waals surface area contributed by atoms with E-state index in [0.717, 1.165) is 10.1 Å². The molecule has 1 fully saturated rings. The number of fused-ring (bicyclic) bond motifs is 1. The number of para-hydroxylation sites is 1. The summed E-state index contributed by atoms with van der Waals surface area (Å²) in [6, 6.07) is 7.58. The number of benzene rings is 1. The van der Waals surface area contributed by atoms with Crippen LogP contribution in [0.15, 0.2) is 50.7 Å². The van der Waals surface area contributed by atoms with Crippen LogP contribution in [0, 0.1) is 6.92 Å². The smallest absolute Gasteiger partial charge is 0.333 e. The van der Waals surface area contributed by atoms with Gasteiger partial charge in [-0.3, -0.25) is 14.2 Å². The molecule has 0 saturated carbocycles. The van der Waals surface area contributed by atoms with Crippen molar-refractivity contribution in [2.24, 2.45) is 5.73 Å². The quantitative estimate of drug-likeness (QED) is 0.288. The van der Waals surface area contributed by atoms with Gasteiger partial charge < -0.3 is 24.4 Å². The van der Waals surface area contributed by atoms with Crippen LogP contribution in [0.3, 0.4) is 0 Å². The predicted molar refractivity (Wildman–Crippen MR) is 159 cm³/mol. The van der Waals surface area contributed by atoms with E-state index < -0.39 is 28.8 Å². The second-order valence-electron chi connectivity index (χ2n) is 11.2. The minimum absolute atomic E-state index is 0.0469. The Hall–Kier alpha value is -3.74. The van der Waals surface area contributed by atoms with E-state index in [1.807, 2.05) is 38.1 Å². The van der Waals surface area contributed by atoms with Crippen molar-refractivity contribution >= 4 is 27.5 Å². The Morgan fingerprint density at radius 3 is 2.57 bits per heavy atom. The molecule has 5 rings (SSSR count). The number of aryl methyl sites for hydroxylation is 1. The van der Waals surface area contributed by atoms with Crippen LogP contribution in [0.5, 0.6) is 5.75 Å². The number of aromatic nitrogens is 3. The number of nitrogens with zero attached hydrogens (tertiary/aromatic N) is 3. The number of nitrogens with two attached hydrogens (primary N) is 1. The zero-order valence-electron chi connectivity index (χ0n) is 24.4. The number of carbonyl (C=O) groups is 1. The Morgan fingerprint density at radius 1 is 1.21 bits per heavy atom. The predicted octanol–water partition coefficient (Wildman–Crippen LogP) is 4.13. The molecule has 42 heavy (non-hydrogen) atoms. The number of carbonyl (C=O) groups excluding carboxylic acids is 1. The third-order valence-electron chi connectivity index (χ3n) is 7.50. The summed E-state index contributed by atoms with van der Waals surface area (Å²) in [7, 11) is 0. The highest BCUT2D eigenvalue weighted by Crippen LogP contribution is 2.38. The lowest BCUT2D eigenvalue weighted by Gasteiger charge is -2.30. The Kier molecular flexibility index (Phi) is 8.40. The normalized spacial score (nSPS) is 15.4. The second kappa shape index (κ2) is 11.9. The van der Waals surface area contributed by atoms with Gasteiger partial charge in [0.05, 0.1) is 35.2 Å². The molecule has 1 aliphatic heterocycles. The maximum Gasteiger partial charge on any atom is 0.333 e. The van der Waals surface area contributed by atoms with Gasteiger partial charge in [0.25, 0.3) is 5.56 Å². The van der Waals surface area contributed by atoms with Crippen LogP contribution in [0.4, 0.5) is 0 Å². The number of ether oxygens (including phenoxy) is 3. The lowest BCUT2D eigenvalue weighted by atomic mass is 10.0. The molecule has 11 nitrogen and oxygen atoms in total. The van der Waals surface area contributed by atoms with Gasteiger partial charge in [0.2, 0.25) is 11.8 Å². The number of hydrogen-bond donors (Lipinski definition) is 1. The SMILES string of the molecule is Cc1c(-c2ncco2)sc2c1c(=O)n(C(C)(C)C(N)=O)c(=O)n2C[C@@H](OC1CCOCC1)c1ccccc1OC(C)C. The molecule has 224 valence electrons. The van der Waals surface area contributed by atoms with Crippen molar-refractivity contribution in [3.63, 3.8) is 0 Å². The number of rotatable bonds is 10. The lowest BCUT2D eigenvalue weighted by molar-refractivity contribution is -0.125. The van der Waals surface area contributed by atoms with Crippen molar-refractivity contribution in [1.29, 1.82) is 0 Å². The molecule has 0 unspecified atom stereocenters. The molecule has 0 radical (unpaired) electrons. The summed E-state index contributed by atoms with van der Waals surface area (Å²) in [4.78, 5) is 46.0. The molecule has 4 aromatic rings. The largest absolute Gasteiger partial charge is 0.491 e. The number of hydrogen-bond acceptors (Lipinski definition) is 9. The summed E-state index contributed by atoms with van der Waals surface area (Å²) in [5.74, 6) is 0.167. The standard InChI is InChI=1S/C30H36N4O7S/c1-17(2)40-21-9-7-6-8-20(21)22(41-19-10-13-38-14-11-19)16-33-27-23(18(3)24(42-27)25-32-12-15-39-25)26(35)34(29(33)37)30(4,5)28(31)36/h6-9,12,15,17,19,22H,10-11,13-14,16H2,1-5H3,(H2,31,36)/t22-/m1/s1. The molecule has 2 N–H and O–H groups in total. The maximum atomic E-state index is 14.3. The monoisotopic (exact) mass is 596 g/mol. The first kappa shape index (κ1) is 29.7. The van der Waals surface area contributed by atoms with Crippen LogP contribution in [0.2, 0.25) is 0 Å². The minimum Gasteiger partial charge on any atom is -0.491 e. The Bertz CT molecular complexity index is 1690. The molecule has 1 atom stereocenters. The fourth-order valence-electron chi connectivity index (χ4n) is 5.18. The van der Waals surface area contributed by atoms with Crippen molar-refractivity contribution in [3.8, 4) is 16.5 Å². The molecule has 1 aliphatic rings. The van der Waals surface area contributed by atoms with E-state index in [4.69, 9.17) is 24.4 Å². The van der Waals surface area contributed by atoms with E-state index in [9.17, 15) is 14.4 Å². The summed E-state index contributed by atoms with van der Waals surface area (Å²) in [5.41, 5.74) is 4.21. The molecule has 4 heterocycles. The third kappa shape index (κ3) is 5.53. The fourth-order valence-corrected chi connectivity index (χ4v) is 6.42. The van der Waals surface area contributed by atoms with Crippen LogP contribution in [0.25, 0.3) is 21.0 Å². The molecule has 0 bridgehead atoms. The van der Waals surface area contributed by atoms with E-state index in [2.05, 4.69) is 4.98 Å². The van der Waals surface area contributed by atoms with Gasteiger partial charge in [-0.05, 0) is 59.1 Å². The first-order valence-corrected chi connectivity index (χ1v) is 14.8. The summed E-state index contributed by atoms with van der Waals surface area (Å²) in [5, 5.41) is 0.290. The number of oxazole rings is 1. The molecule has 12 heteroatoms. The molecular weight excluding hydrogens is 560 g/mol. The lowest BCUT2D eigenvalue weighted by Crippen LogP contribution is -2.54. The second-order valence-corrected chi connectivity index (χ2v) is 12.2. The molecule has 0 spiro atoms. The van der Waals surface area contributed by atoms with Gasteiger partial charge in [-0.1, -0.05) is 18.2 Å². The van der Waals surface area contributed by atoms with Crippen LogP contribution in [-0.4, -0.2) is 45.4 Å². The molecule has 3 aromatic heterocycles. The van der Waals surface area contributed by atoms with Crippen LogP contribution < -0.4 is 21.7 Å². The number of amides is 1. The Labute approximate surface area is 246 Å². The van der Waals surface area contributed by atoms with E-state index in [-0.39, 0.29) is 18.8 Å². The zero-order chi connectivity index (χ0) is 30.2. The molecular formula is C30H36N4O7S.